The van der Waals surface area contributed by atoms with Gasteiger partial charge in [0.2, 0.25) is 0 Å². The predicted octanol–water partition coefficient (Wildman–Crippen LogP) is 3.11. The zero-order valence-corrected chi connectivity index (χ0v) is 13.7. The molecule has 0 aromatic heterocycles. The molecule has 5 heteroatoms. The molecule has 1 unspecified atom stereocenters. The van der Waals surface area contributed by atoms with Crippen LogP contribution in [0.1, 0.15) is 25.8 Å². The number of hydrogen-bond acceptors (Lipinski definition) is 3. The Balaban J connectivity index is 2.06. The number of morpholine rings is 1. The van der Waals surface area contributed by atoms with Crippen molar-refractivity contribution in [1.82, 2.24) is 4.90 Å². The van der Waals surface area contributed by atoms with Gasteiger partial charge in [-0.1, -0.05) is 32.0 Å². The Hall–Kier alpha value is -1.59. The smallest absolute Gasteiger partial charge is 0.322 e. The summed E-state index contributed by atoms with van der Waals surface area (Å²) in [5.41, 5.74) is 1.79. The lowest BCUT2D eigenvalue weighted by atomic mass is 10.0. The van der Waals surface area contributed by atoms with Crippen molar-refractivity contribution in [1.29, 1.82) is 0 Å². The van der Waals surface area contributed by atoms with Gasteiger partial charge in [-0.3, -0.25) is 0 Å². The lowest BCUT2D eigenvalue weighted by Crippen LogP contribution is -2.50. The van der Waals surface area contributed by atoms with E-state index in [2.05, 4.69) is 19.2 Å². The van der Waals surface area contributed by atoms with Gasteiger partial charge in [-0.25, -0.2) is 4.79 Å². The topological polar surface area (TPSA) is 50.8 Å². The summed E-state index contributed by atoms with van der Waals surface area (Å²) in [6, 6.07) is 7.81. The van der Waals surface area contributed by atoms with Gasteiger partial charge in [0, 0.05) is 24.9 Å². The second kappa shape index (κ2) is 8.15. The Morgan fingerprint density at radius 2 is 2.23 bits per heavy atom. The molecular weight excluding hydrogens is 280 g/mol. The van der Waals surface area contributed by atoms with Gasteiger partial charge in [0.25, 0.3) is 0 Å². The lowest BCUT2D eigenvalue weighted by Gasteiger charge is -2.36. The summed E-state index contributed by atoms with van der Waals surface area (Å²) >= 11 is 0. The number of benzene rings is 1. The Kier molecular flexibility index (Phi) is 6.21. The summed E-state index contributed by atoms with van der Waals surface area (Å²) in [5.74, 6) is 0.530. The first kappa shape index (κ1) is 16.8. The molecule has 0 saturated carbocycles. The summed E-state index contributed by atoms with van der Waals surface area (Å²) in [4.78, 5) is 14.5. The standard InChI is InChI=1S/C17H26N2O3/c1-13(2)10-15-12-22-9-8-19(15)17(20)18-16-7-5-4-6-14(16)11-21-3/h4-7,13,15H,8-12H2,1-3H3,(H,18,20). The van der Waals surface area contributed by atoms with Gasteiger partial charge in [0.1, 0.15) is 0 Å². The monoisotopic (exact) mass is 306 g/mol. The number of carbonyl (C=O) groups excluding carboxylic acids is 1. The maximum atomic E-state index is 12.6. The normalized spacial score (nSPS) is 18.5. The molecule has 1 aliphatic rings. The number of nitrogens with zero attached hydrogens (tertiary/aromatic N) is 1. The molecule has 0 aliphatic carbocycles. The van der Waals surface area contributed by atoms with E-state index in [-0.39, 0.29) is 12.1 Å². The van der Waals surface area contributed by atoms with Crippen molar-refractivity contribution >= 4 is 11.7 Å². The van der Waals surface area contributed by atoms with Crippen LogP contribution in [-0.4, -0.2) is 43.8 Å². The fourth-order valence-corrected chi connectivity index (χ4v) is 2.77. The van der Waals surface area contributed by atoms with Crippen LogP contribution in [0.5, 0.6) is 0 Å². The molecule has 1 fully saturated rings. The van der Waals surface area contributed by atoms with E-state index in [1.165, 1.54) is 0 Å². The number of methoxy groups -OCH3 is 1. The van der Waals surface area contributed by atoms with Crippen LogP contribution in [0.3, 0.4) is 0 Å². The summed E-state index contributed by atoms with van der Waals surface area (Å²) in [6.07, 6.45) is 0.952. The highest BCUT2D eigenvalue weighted by molar-refractivity contribution is 5.90. The van der Waals surface area contributed by atoms with Gasteiger partial charge in [-0.15, -0.1) is 0 Å². The number of hydrogen-bond donors (Lipinski definition) is 1. The van der Waals surface area contributed by atoms with Gasteiger partial charge in [-0.2, -0.15) is 0 Å². The van der Waals surface area contributed by atoms with Crippen molar-refractivity contribution in [2.75, 3.05) is 32.2 Å². The van der Waals surface area contributed by atoms with Crippen molar-refractivity contribution in [2.45, 2.75) is 32.9 Å². The SMILES string of the molecule is COCc1ccccc1NC(=O)N1CCOCC1CC(C)C. The van der Waals surface area contributed by atoms with E-state index in [0.717, 1.165) is 17.7 Å². The molecule has 5 nitrogen and oxygen atoms in total. The van der Waals surface area contributed by atoms with Crippen molar-refractivity contribution < 1.29 is 14.3 Å². The Morgan fingerprint density at radius 1 is 1.45 bits per heavy atom. The average molecular weight is 306 g/mol. The number of urea groups is 1. The predicted molar refractivity (Wildman–Crippen MR) is 86.9 cm³/mol. The van der Waals surface area contributed by atoms with E-state index >= 15 is 0 Å². The minimum atomic E-state index is -0.0579. The van der Waals surface area contributed by atoms with E-state index in [4.69, 9.17) is 9.47 Å². The first-order valence-electron chi connectivity index (χ1n) is 7.84. The van der Waals surface area contributed by atoms with Crippen LogP contribution in [0, 0.1) is 5.92 Å². The number of rotatable bonds is 5. The summed E-state index contributed by atoms with van der Waals surface area (Å²) < 4.78 is 10.7. The Bertz CT molecular complexity index is 491. The molecular formula is C17H26N2O3. The molecule has 122 valence electrons. The quantitative estimate of drug-likeness (QED) is 0.909. The molecule has 2 amide bonds. The van der Waals surface area contributed by atoms with Gasteiger partial charge in [0.05, 0.1) is 25.9 Å². The Labute approximate surface area is 132 Å². The zero-order chi connectivity index (χ0) is 15.9. The second-order valence-corrected chi connectivity index (χ2v) is 6.07. The summed E-state index contributed by atoms with van der Waals surface area (Å²) in [6.45, 7) is 6.66. The summed E-state index contributed by atoms with van der Waals surface area (Å²) in [5, 5.41) is 3.02. The van der Waals surface area contributed by atoms with Gasteiger partial charge in [0.15, 0.2) is 0 Å². The van der Waals surface area contributed by atoms with E-state index in [0.29, 0.717) is 32.3 Å². The van der Waals surface area contributed by atoms with Crippen molar-refractivity contribution in [3.8, 4) is 0 Å². The molecule has 1 heterocycles. The highest BCUT2D eigenvalue weighted by Crippen LogP contribution is 2.20. The molecule has 2 rings (SSSR count). The number of ether oxygens (including phenoxy) is 2. The minimum Gasteiger partial charge on any atom is -0.380 e. The van der Waals surface area contributed by atoms with Gasteiger partial charge < -0.3 is 19.7 Å². The first-order chi connectivity index (χ1) is 10.6. The van der Waals surface area contributed by atoms with E-state index in [9.17, 15) is 4.79 Å². The third-order valence-electron chi connectivity index (χ3n) is 3.79. The van der Waals surface area contributed by atoms with Crippen LogP contribution in [0.4, 0.5) is 10.5 Å². The third kappa shape index (κ3) is 4.45. The molecule has 1 aromatic carbocycles. The van der Waals surface area contributed by atoms with Crippen LogP contribution in [0.15, 0.2) is 24.3 Å². The molecule has 0 bridgehead atoms. The minimum absolute atomic E-state index is 0.0579. The third-order valence-corrected chi connectivity index (χ3v) is 3.79. The number of anilines is 1. The van der Waals surface area contributed by atoms with E-state index in [1.54, 1.807) is 7.11 Å². The van der Waals surface area contributed by atoms with Crippen molar-refractivity contribution in [3.05, 3.63) is 29.8 Å². The Morgan fingerprint density at radius 3 is 2.95 bits per heavy atom. The molecule has 1 aliphatic heterocycles. The molecule has 1 aromatic rings. The average Bonchev–Trinajstić information content (AvgIpc) is 2.49. The zero-order valence-electron chi connectivity index (χ0n) is 13.7. The first-order valence-corrected chi connectivity index (χ1v) is 7.84. The van der Waals surface area contributed by atoms with Gasteiger partial charge >= 0.3 is 6.03 Å². The number of nitrogens with one attached hydrogen (secondary N) is 1. The second-order valence-electron chi connectivity index (χ2n) is 6.07. The van der Waals surface area contributed by atoms with Crippen LogP contribution in [0.2, 0.25) is 0 Å². The highest BCUT2D eigenvalue weighted by atomic mass is 16.5. The fraction of sp³-hybridized carbons (Fsp3) is 0.588. The number of carbonyl (C=O) groups is 1. The van der Waals surface area contributed by atoms with Crippen molar-refractivity contribution in [3.63, 3.8) is 0 Å². The van der Waals surface area contributed by atoms with Crippen LogP contribution in [-0.2, 0) is 16.1 Å². The van der Waals surface area contributed by atoms with E-state index < -0.39 is 0 Å². The van der Waals surface area contributed by atoms with Crippen molar-refractivity contribution in [2.24, 2.45) is 5.92 Å². The molecule has 0 radical (unpaired) electrons. The molecule has 1 saturated heterocycles. The molecule has 0 spiro atoms. The van der Waals surface area contributed by atoms with E-state index in [1.807, 2.05) is 29.2 Å². The molecule has 1 atom stereocenters. The van der Waals surface area contributed by atoms with Crippen LogP contribution >= 0.6 is 0 Å². The maximum Gasteiger partial charge on any atom is 0.322 e. The van der Waals surface area contributed by atoms with Crippen LogP contribution < -0.4 is 5.32 Å². The largest absolute Gasteiger partial charge is 0.380 e. The number of amides is 2. The van der Waals surface area contributed by atoms with Gasteiger partial charge in [-0.05, 0) is 18.4 Å². The number of para-hydroxylation sites is 1. The maximum absolute atomic E-state index is 12.6. The lowest BCUT2D eigenvalue weighted by molar-refractivity contribution is 0.00856. The molecule has 22 heavy (non-hydrogen) atoms. The molecule has 1 N–H and O–H groups in total. The van der Waals surface area contributed by atoms with Crippen LogP contribution in [0.25, 0.3) is 0 Å². The highest BCUT2D eigenvalue weighted by Gasteiger charge is 2.28. The summed E-state index contributed by atoms with van der Waals surface area (Å²) in [7, 11) is 1.65. The fourth-order valence-electron chi connectivity index (χ4n) is 2.77.